The molecular formula is C44H28. The third kappa shape index (κ3) is 3.78. The minimum atomic E-state index is 1.23. The SMILES string of the molecule is c1ccc(-c2cc(-c3c4ccccc4c(-c4cccc5c4ccc4ccccc45)c4ccccc34)c3ccccc3c2)cc1. The van der Waals surface area contributed by atoms with Crippen LogP contribution in [0.15, 0.2) is 170 Å². The maximum atomic E-state index is 2.40. The average Bonchev–Trinajstić information content (AvgIpc) is 3.10. The Morgan fingerprint density at radius 2 is 0.750 bits per heavy atom. The van der Waals surface area contributed by atoms with E-state index in [0.717, 1.165) is 0 Å². The van der Waals surface area contributed by atoms with Crippen LogP contribution in [0, 0.1) is 0 Å². The molecule has 0 nitrogen and oxygen atoms in total. The fraction of sp³-hybridized carbons (Fsp3) is 0. The Kier molecular flexibility index (Phi) is 5.61. The van der Waals surface area contributed by atoms with Gasteiger partial charge in [-0.15, -0.1) is 0 Å². The lowest BCUT2D eigenvalue weighted by Gasteiger charge is -2.20. The first-order chi connectivity index (χ1) is 21.8. The van der Waals surface area contributed by atoms with Crippen LogP contribution in [0.5, 0.6) is 0 Å². The van der Waals surface area contributed by atoms with Gasteiger partial charge in [0.15, 0.2) is 0 Å². The van der Waals surface area contributed by atoms with Crippen LogP contribution >= 0.6 is 0 Å². The van der Waals surface area contributed by atoms with E-state index in [9.17, 15) is 0 Å². The van der Waals surface area contributed by atoms with Crippen LogP contribution in [0.4, 0.5) is 0 Å². The van der Waals surface area contributed by atoms with Crippen molar-refractivity contribution in [2.24, 2.45) is 0 Å². The van der Waals surface area contributed by atoms with E-state index >= 15 is 0 Å². The van der Waals surface area contributed by atoms with Gasteiger partial charge < -0.3 is 0 Å². The van der Waals surface area contributed by atoms with E-state index < -0.39 is 0 Å². The summed E-state index contributed by atoms with van der Waals surface area (Å²) >= 11 is 0. The van der Waals surface area contributed by atoms with Gasteiger partial charge in [0.1, 0.15) is 0 Å². The minimum Gasteiger partial charge on any atom is -0.0622 e. The van der Waals surface area contributed by atoms with Crippen molar-refractivity contribution in [3.63, 3.8) is 0 Å². The van der Waals surface area contributed by atoms with Crippen molar-refractivity contribution in [2.45, 2.75) is 0 Å². The minimum absolute atomic E-state index is 1.23. The summed E-state index contributed by atoms with van der Waals surface area (Å²) in [6.07, 6.45) is 0. The lowest BCUT2D eigenvalue weighted by Crippen LogP contribution is -1.93. The van der Waals surface area contributed by atoms with Crippen LogP contribution < -0.4 is 0 Å². The normalized spacial score (nSPS) is 11.6. The molecular weight excluding hydrogens is 528 g/mol. The van der Waals surface area contributed by atoms with Gasteiger partial charge in [0.2, 0.25) is 0 Å². The highest BCUT2D eigenvalue weighted by Gasteiger charge is 2.20. The molecule has 0 atom stereocenters. The fourth-order valence-electron chi connectivity index (χ4n) is 7.28. The van der Waals surface area contributed by atoms with Gasteiger partial charge in [-0.3, -0.25) is 0 Å². The van der Waals surface area contributed by atoms with Crippen molar-refractivity contribution >= 4 is 53.9 Å². The molecule has 0 heteroatoms. The smallest absolute Gasteiger partial charge is 0.00199 e. The summed E-state index contributed by atoms with van der Waals surface area (Å²) in [6, 6.07) is 62.3. The van der Waals surface area contributed by atoms with E-state index in [1.165, 1.54) is 87.2 Å². The van der Waals surface area contributed by atoms with Crippen LogP contribution in [0.1, 0.15) is 0 Å². The monoisotopic (exact) mass is 556 g/mol. The molecule has 0 radical (unpaired) electrons. The van der Waals surface area contributed by atoms with Gasteiger partial charge >= 0.3 is 0 Å². The van der Waals surface area contributed by atoms with E-state index in [1.54, 1.807) is 0 Å². The molecule has 0 saturated carbocycles. The summed E-state index contributed by atoms with van der Waals surface area (Å²) in [4.78, 5) is 0. The molecule has 0 N–H and O–H groups in total. The zero-order chi connectivity index (χ0) is 29.0. The molecule has 0 aliphatic heterocycles. The molecule has 0 spiro atoms. The van der Waals surface area contributed by atoms with Crippen LogP contribution in [0.2, 0.25) is 0 Å². The molecule has 9 aromatic rings. The van der Waals surface area contributed by atoms with Crippen LogP contribution in [0.3, 0.4) is 0 Å². The first-order valence-electron chi connectivity index (χ1n) is 15.3. The molecule has 0 aliphatic carbocycles. The average molecular weight is 557 g/mol. The van der Waals surface area contributed by atoms with Gasteiger partial charge in [0.25, 0.3) is 0 Å². The van der Waals surface area contributed by atoms with E-state index in [4.69, 9.17) is 0 Å². The lowest BCUT2D eigenvalue weighted by molar-refractivity contribution is 1.63. The Hall–Kier alpha value is -5.72. The summed E-state index contributed by atoms with van der Waals surface area (Å²) in [5.74, 6) is 0. The molecule has 0 amide bonds. The lowest BCUT2D eigenvalue weighted by atomic mass is 9.82. The Balaban J connectivity index is 1.43. The number of benzene rings is 9. The van der Waals surface area contributed by atoms with E-state index in [0.29, 0.717) is 0 Å². The fourth-order valence-corrected chi connectivity index (χ4v) is 7.28. The Bertz CT molecular complexity index is 2480. The molecule has 0 unspecified atom stereocenters. The Morgan fingerprint density at radius 3 is 1.43 bits per heavy atom. The van der Waals surface area contributed by atoms with Crippen molar-refractivity contribution < 1.29 is 0 Å². The summed E-state index contributed by atoms with van der Waals surface area (Å²) in [5.41, 5.74) is 7.59. The molecule has 0 aromatic heterocycles. The van der Waals surface area contributed by atoms with E-state index in [-0.39, 0.29) is 0 Å². The highest BCUT2D eigenvalue weighted by atomic mass is 14.2. The van der Waals surface area contributed by atoms with Crippen LogP contribution in [-0.2, 0) is 0 Å². The molecule has 9 aromatic carbocycles. The Morgan fingerprint density at radius 1 is 0.227 bits per heavy atom. The number of rotatable bonds is 3. The van der Waals surface area contributed by atoms with Gasteiger partial charge in [-0.2, -0.15) is 0 Å². The van der Waals surface area contributed by atoms with Gasteiger partial charge in [-0.05, 0) is 99.4 Å². The molecule has 44 heavy (non-hydrogen) atoms. The van der Waals surface area contributed by atoms with Gasteiger partial charge in [0, 0.05) is 0 Å². The molecule has 0 heterocycles. The van der Waals surface area contributed by atoms with Gasteiger partial charge in [0.05, 0.1) is 0 Å². The first-order valence-corrected chi connectivity index (χ1v) is 15.3. The van der Waals surface area contributed by atoms with E-state index in [2.05, 4.69) is 170 Å². The molecule has 0 aliphatic rings. The van der Waals surface area contributed by atoms with Gasteiger partial charge in [-0.1, -0.05) is 158 Å². The standard InChI is InChI=1S/C44H28/c1-2-13-29(14-3-1)32-27-31-16-5-7-18-34(31)42(28-32)44-40-21-10-8-19-38(40)43(39-20-9-11-22-41(39)44)37-24-12-23-35-33-17-6-4-15-30(33)25-26-36(35)37/h1-28H. The topological polar surface area (TPSA) is 0 Å². The summed E-state index contributed by atoms with van der Waals surface area (Å²) in [7, 11) is 0. The maximum absolute atomic E-state index is 2.40. The second-order valence-corrected chi connectivity index (χ2v) is 11.6. The third-order valence-corrected chi connectivity index (χ3v) is 9.23. The zero-order valence-corrected chi connectivity index (χ0v) is 24.2. The quantitative estimate of drug-likeness (QED) is 0.150. The highest BCUT2D eigenvalue weighted by molar-refractivity contribution is 6.26. The molecule has 0 bridgehead atoms. The highest BCUT2D eigenvalue weighted by Crippen LogP contribution is 2.47. The second kappa shape index (κ2) is 9.93. The van der Waals surface area contributed by atoms with Crippen molar-refractivity contribution in [2.75, 3.05) is 0 Å². The second-order valence-electron chi connectivity index (χ2n) is 11.6. The van der Waals surface area contributed by atoms with Crippen LogP contribution in [-0.4, -0.2) is 0 Å². The van der Waals surface area contributed by atoms with Crippen molar-refractivity contribution in [1.29, 1.82) is 0 Å². The number of hydrogen-bond donors (Lipinski definition) is 0. The number of fused-ring (bicyclic) bond motifs is 6. The molecule has 9 rings (SSSR count). The van der Waals surface area contributed by atoms with Crippen molar-refractivity contribution in [3.05, 3.63) is 170 Å². The summed E-state index contributed by atoms with van der Waals surface area (Å²) in [6.45, 7) is 0. The molecule has 0 saturated heterocycles. The predicted octanol–water partition coefficient (Wildman–Crippen LogP) is 12.5. The van der Waals surface area contributed by atoms with Crippen molar-refractivity contribution in [1.82, 2.24) is 0 Å². The third-order valence-electron chi connectivity index (χ3n) is 9.23. The summed E-state index contributed by atoms with van der Waals surface area (Å²) in [5, 5.41) is 12.8. The van der Waals surface area contributed by atoms with Crippen LogP contribution in [0.25, 0.3) is 87.2 Å². The molecule has 204 valence electrons. The zero-order valence-electron chi connectivity index (χ0n) is 24.2. The number of hydrogen-bond acceptors (Lipinski definition) is 0. The van der Waals surface area contributed by atoms with Crippen molar-refractivity contribution in [3.8, 4) is 33.4 Å². The molecule has 0 fully saturated rings. The Labute approximate surface area is 256 Å². The summed E-state index contributed by atoms with van der Waals surface area (Å²) < 4.78 is 0. The van der Waals surface area contributed by atoms with Gasteiger partial charge in [-0.25, -0.2) is 0 Å². The largest absolute Gasteiger partial charge is 0.0622 e. The first kappa shape index (κ1) is 24.8. The maximum Gasteiger partial charge on any atom is -0.00199 e. The van der Waals surface area contributed by atoms with E-state index in [1.807, 2.05) is 0 Å². The predicted molar refractivity (Wildman–Crippen MR) is 190 cm³/mol.